The summed E-state index contributed by atoms with van der Waals surface area (Å²) in [6, 6.07) is 4.24. The highest BCUT2D eigenvalue weighted by molar-refractivity contribution is 7.92. The number of hydrogen-bond donors (Lipinski definition) is 3. The molecule has 0 bridgehead atoms. The largest absolute Gasteiger partial charge is 0.392 e. The molecule has 35 heavy (non-hydrogen) atoms. The number of aliphatic hydroxyl groups excluding tert-OH is 1. The van der Waals surface area contributed by atoms with E-state index in [2.05, 4.69) is 27.1 Å². The Morgan fingerprint density at radius 2 is 1.86 bits per heavy atom. The van der Waals surface area contributed by atoms with Gasteiger partial charge in [0.25, 0.3) is 10.0 Å². The standard InChI is InChI=1S/C22H16Cl2F2N4O4S/c23-14-5-13(9-31)20(24)19(6-14)35(32,33)30-18-4-3-17(25)16(21(18)26)2-1-12-7-27-22(28-8-12)29-15-10-34-11-15/h3-8,15,30-31H,9-11H2,(H,27,28,29). The van der Waals surface area contributed by atoms with Crippen molar-refractivity contribution in [3.8, 4) is 11.8 Å². The fraction of sp³-hybridized carbons (Fsp3) is 0.182. The normalized spacial score (nSPS) is 13.5. The van der Waals surface area contributed by atoms with Crippen molar-refractivity contribution in [3.05, 3.63) is 75.0 Å². The molecule has 2 heterocycles. The minimum Gasteiger partial charge on any atom is -0.392 e. The van der Waals surface area contributed by atoms with E-state index < -0.39 is 44.4 Å². The molecule has 3 aromatic rings. The topological polar surface area (TPSA) is 113 Å². The van der Waals surface area contributed by atoms with E-state index in [1.165, 1.54) is 18.5 Å². The first-order valence-corrected chi connectivity index (χ1v) is 12.2. The molecule has 8 nitrogen and oxygen atoms in total. The molecule has 13 heteroatoms. The summed E-state index contributed by atoms with van der Waals surface area (Å²) in [4.78, 5) is 7.69. The number of halogens is 4. The third-order valence-electron chi connectivity index (χ3n) is 4.83. The summed E-state index contributed by atoms with van der Waals surface area (Å²) in [5.41, 5.74) is -0.870. The molecular formula is C22H16Cl2F2N4O4S. The number of ether oxygens (including phenoxy) is 1. The second kappa shape index (κ2) is 10.3. The van der Waals surface area contributed by atoms with E-state index in [0.717, 1.165) is 18.2 Å². The Balaban J connectivity index is 1.60. The zero-order valence-electron chi connectivity index (χ0n) is 17.6. The second-order valence-corrected chi connectivity index (χ2v) is 9.81. The van der Waals surface area contributed by atoms with Crippen molar-refractivity contribution in [2.24, 2.45) is 0 Å². The molecule has 0 amide bonds. The van der Waals surface area contributed by atoms with Gasteiger partial charge in [0.1, 0.15) is 10.7 Å². The molecule has 1 aromatic heterocycles. The van der Waals surface area contributed by atoms with Gasteiger partial charge in [-0.1, -0.05) is 35.0 Å². The molecule has 1 fully saturated rings. The first-order chi connectivity index (χ1) is 16.7. The molecule has 0 atom stereocenters. The van der Waals surface area contributed by atoms with E-state index >= 15 is 4.39 Å². The van der Waals surface area contributed by atoms with E-state index in [1.807, 2.05) is 4.72 Å². The van der Waals surface area contributed by atoms with Gasteiger partial charge in [0.05, 0.1) is 47.7 Å². The van der Waals surface area contributed by atoms with Crippen molar-refractivity contribution >= 4 is 44.9 Å². The zero-order valence-corrected chi connectivity index (χ0v) is 20.0. The number of nitrogens with zero attached hydrogens (tertiary/aromatic N) is 2. The van der Waals surface area contributed by atoms with Crippen LogP contribution in [0.2, 0.25) is 10.0 Å². The Morgan fingerprint density at radius 3 is 2.49 bits per heavy atom. The van der Waals surface area contributed by atoms with Crippen LogP contribution in [0.15, 0.2) is 41.6 Å². The second-order valence-electron chi connectivity index (χ2n) is 7.35. The van der Waals surface area contributed by atoms with Crippen LogP contribution in [-0.2, 0) is 21.4 Å². The van der Waals surface area contributed by atoms with Gasteiger partial charge in [0, 0.05) is 17.4 Å². The highest BCUT2D eigenvalue weighted by Crippen LogP contribution is 2.32. The van der Waals surface area contributed by atoms with Crippen molar-refractivity contribution in [3.63, 3.8) is 0 Å². The first kappa shape index (κ1) is 25.1. The predicted molar refractivity (Wildman–Crippen MR) is 126 cm³/mol. The van der Waals surface area contributed by atoms with Crippen molar-refractivity contribution in [2.45, 2.75) is 17.5 Å². The molecule has 1 aliphatic rings. The highest BCUT2D eigenvalue weighted by atomic mass is 35.5. The smallest absolute Gasteiger partial charge is 0.263 e. The van der Waals surface area contributed by atoms with Crippen LogP contribution in [0.25, 0.3) is 0 Å². The van der Waals surface area contributed by atoms with Crippen LogP contribution in [0.4, 0.5) is 20.4 Å². The van der Waals surface area contributed by atoms with Gasteiger partial charge in [-0.15, -0.1) is 0 Å². The fourth-order valence-corrected chi connectivity index (χ4v) is 4.96. The van der Waals surface area contributed by atoms with Crippen molar-refractivity contribution < 1.29 is 27.0 Å². The number of nitrogens with one attached hydrogen (secondary N) is 2. The Kier molecular flexibility index (Phi) is 7.39. The molecule has 4 rings (SSSR count). The van der Waals surface area contributed by atoms with E-state index in [1.54, 1.807) is 0 Å². The maximum absolute atomic E-state index is 15.0. The van der Waals surface area contributed by atoms with E-state index in [9.17, 15) is 17.9 Å². The molecule has 182 valence electrons. The molecular weight excluding hydrogens is 525 g/mol. The number of aromatic nitrogens is 2. The highest BCUT2D eigenvalue weighted by Gasteiger charge is 2.24. The van der Waals surface area contributed by atoms with Gasteiger partial charge >= 0.3 is 0 Å². The lowest BCUT2D eigenvalue weighted by Gasteiger charge is -2.26. The number of rotatable bonds is 6. The molecule has 2 aromatic carbocycles. The van der Waals surface area contributed by atoms with E-state index in [-0.39, 0.29) is 27.2 Å². The lowest BCUT2D eigenvalue weighted by Crippen LogP contribution is -2.40. The molecule has 0 saturated carbocycles. The number of aliphatic hydroxyl groups is 1. The predicted octanol–water partition coefficient (Wildman–Crippen LogP) is 3.57. The summed E-state index contributed by atoms with van der Waals surface area (Å²) in [5.74, 6) is 3.04. The first-order valence-electron chi connectivity index (χ1n) is 9.96. The lowest BCUT2D eigenvalue weighted by atomic mass is 10.1. The van der Waals surface area contributed by atoms with Crippen LogP contribution in [0.5, 0.6) is 0 Å². The van der Waals surface area contributed by atoms with Crippen LogP contribution in [0.1, 0.15) is 16.7 Å². The van der Waals surface area contributed by atoms with Gasteiger partial charge < -0.3 is 15.2 Å². The quantitative estimate of drug-likeness (QED) is 0.409. The number of hydrogen-bond acceptors (Lipinski definition) is 7. The molecule has 0 spiro atoms. The Labute approximate surface area is 209 Å². The zero-order chi connectivity index (χ0) is 25.2. The number of sulfonamides is 1. The van der Waals surface area contributed by atoms with Crippen molar-refractivity contribution in [1.82, 2.24) is 9.97 Å². The summed E-state index contributed by atoms with van der Waals surface area (Å²) in [6.45, 7) is 0.535. The van der Waals surface area contributed by atoms with Gasteiger partial charge in [0.2, 0.25) is 5.95 Å². The summed E-state index contributed by atoms with van der Waals surface area (Å²) in [7, 11) is -4.45. The average Bonchev–Trinajstić information content (AvgIpc) is 2.80. The molecule has 1 aliphatic heterocycles. The Bertz CT molecular complexity index is 1440. The number of anilines is 2. The Hall–Kier alpha value is -3.01. The molecule has 1 saturated heterocycles. The third-order valence-corrected chi connectivity index (χ3v) is 7.00. The van der Waals surface area contributed by atoms with Crippen molar-refractivity contribution in [1.29, 1.82) is 0 Å². The van der Waals surface area contributed by atoms with E-state index in [0.29, 0.717) is 19.2 Å². The summed E-state index contributed by atoms with van der Waals surface area (Å²) in [5, 5.41) is 12.1. The third kappa shape index (κ3) is 5.63. The Morgan fingerprint density at radius 1 is 1.14 bits per heavy atom. The van der Waals surface area contributed by atoms with Gasteiger partial charge in [-0.25, -0.2) is 27.2 Å². The van der Waals surface area contributed by atoms with Crippen LogP contribution in [0.3, 0.4) is 0 Å². The maximum atomic E-state index is 15.0. The fourth-order valence-electron chi connectivity index (χ4n) is 2.98. The minimum atomic E-state index is -4.45. The van der Waals surface area contributed by atoms with Crippen LogP contribution >= 0.6 is 23.2 Å². The van der Waals surface area contributed by atoms with Crippen molar-refractivity contribution in [2.75, 3.05) is 23.3 Å². The van der Waals surface area contributed by atoms with Gasteiger partial charge in [-0.05, 0) is 29.8 Å². The summed E-state index contributed by atoms with van der Waals surface area (Å²) >= 11 is 12.0. The minimum absolute atomic E-state index is 0.00517. The van der Waals surface area contributed by atoms with Gasteiger partial charge in [-0.2, -0.15) is 0 Å². The molecule has 0 radical (unpaired) electrons. The number of benzene rings is 2. The van der Waals surface area contributed by atoms with Crippen LogP contribution in [-0.4, -0.2) is 42.7 Å². The summed E-state index contributed by atoms with van der Waals surface area (Å²) in [6.07, 6.45) is 2.76. The molecule has 0 unspecified atom stereocenters. The molecule has 0 aliphatic carbocycles. The summed E-state index contributed by atoms with van der Waals surface area (Å²) < 4.78 is 62.1. The van der Waals surface area contributed by atoms with Gasteiger partial charge in [-0.3, -0.25) is 4.72 Å². The van der Waals surface area contributed by atoms with Gasteiger partial charge in [0.15, 0.2) is 5.82 Å². The molecule has 3 N–H and O–H groups in total. The SMILES string of the molecule is O=S(=O)(Nc1ccc(F)c(C#Cc2cnc(NC3COC3)nc2)c1F)c1cc(Cl)cc(CO)c1Cl. The van der Waals surface area contributed by atoms with Crippen LogP contribution < -0.4 is 10.0 Å². The maximum Gasteiger partial charge on any atom is 0.263 e. The monoisotopic (exact) mass is 540 g/mol. The van der Waals surface area contributed by atoms with Crippen LogP contribution in [0, 0.1) is 23.5 Å². The van der Waals surface area contributed by atoms with E-state index in [4.69, 9.17) is 27.9 Å². The lowest BCUT2D eigenvalue weighted by molar-refractivity contribution is 0.0208. The average molecular weight is 541 g/mol.